The Bertz CT molecular complexity index is 649. The number of aromatic amines is 1. The number of hydrogen-bond donors (Lipinski definition) is 2. The van der Waals surface area contributed by atoms with Crippen LogP contribution in [0, 0.1) is 0 Å². The van der Waals surface area contributed by atoms with Crippen molar-refractivity contribution in [3.63, 3.8) is 0 Å². The van der Waals surface area contributed by atoms with Crippen molar-refractivity contribution in [2.75, 3.05) is 6.54 Å². The number of H-pyrrole nitrogens is 1. The fraction of sp³-hybridized carbons (Fsp3) is 0.308. The van der Waals surface area contributed by atoms with E-state index in [0.717, 1.165) is 10.9 Å². The third-order valence-corrected chi connectivity index (χ3v) is 3.47. The predicted molar refractivity (Wildman–Crippen MR) is 67.8 cm³/mol. The normalized spacial score (nSPS) is 18.9. The molecule has 3 rings (SSSR count). The van der Waals surface area contributed by atoms with E-state index in [0.29, 0.717) is 25.1 Å². The predicted octanol–water partition coefficient (Wildman–Crippen LogP) is 1.25. The minimum atomic E-state index is -0.953. The first-order valence-corrected chi connectivity index (χ1v) is 6.15. The largest absolute Gasteiger partial charge is 0.480 e. The van der Waals surface area contributed by atoms with E-state index < -0.39 is 12.0 Å². The Hall–Kier alpha value is -2.37. The van der Waals surface area contributed by atoms with Crippen LogP contribution in [0.4, 0.5) is 0 Å². The van der Waals surface area contributed by atoms with Gasteiger partial charge in [0.25, 0.3) is 5.91 Å². The van der Waals surface area contributed by atoms with Gasteiger partial charge in [0.05, 0.1) is 5.52 Å². The Morgan fingerprint density at radius 1 is 1.37 bits per heavy atom. The Balaban J connectivity index is 1.98. The monoisotopic (exact) mass is 259 g/mol. The summed E-state index contributed by atoms with van der Waals surface area (Å²) in [5.74, 6) is -1.27. The average molecular weight is 259 g/mol. The molecule has 1 aliphatic heterocycles. The number of nitrogens with zero attached hydrogens (tertiary/aromatic N) is 2. The van der Waals surface area contributed by atoms with Crippen LogP contribution in [0.2, 0.25) is 0 Å². The number of rotatable bonds is 2. The zero-order valence-corrected chi connectivity index (χ0v) is 10.2. The highest BCUT2D eigenvalue weighted by atomic mass is 16.4. The number of carboxylic acids is 1. The zero-order valence-electron chi connectivity index (χ0n) is 10.2. The Kier molecular flexibility index (Phi) is 2.70. The molecule has 2 N–H and O–H groups in total. The molecule has 1 atom stereocenters. The van der Waals surface area contributed by atoms with Gasteiger partial charge in [0.15, 0.2) is 5.69 Å². The Morgan fingerprint density at radius 3 is 2.95 bits per heavy atom. The quantitative estimate of drug-likeness (QED) is 0.849. The average Bonchev–Trinajstić information content (AvgIpc) is 3.05. The lowest BCUT2D eigenvalue weighted by atomic mass is 10.2. The topological polar surface area (TPSA) is 86.3 Å². The van der Waals surface area contributed by atoms with Gasteiger partial charge in [-0.1, -0.05) is 18.2 Å². The number of fused-ring (bicyclic) bond motifs is 1. The summed E-state index contributed by atoms with van der Waals surface area (Å²) in [7, 11) is 0. The number of carbonyl (C=O) groups excluding carboxylic acids is 1. The molecule has 0 bridgehead atoms. The summed E-state index contributed by atoms with van der Waals surface area (Å²) in [6.07, 6.45) is 1.22. The lowest BCUT2D eigenvalue weighted by molar-refractivity contribution is -0.141. The Labute approximate surface area is 109 Å². The number of aromatic nitrogens is 2. The van der Waals surface area contributed by atoms with Gasteiger partial charge in [-0.3, -0.25) is 9.89 Å². The summed E-state index contributed by atoms with van der Waals surface area (Å²) in [4.78, 5) is 24.9. The standard InChI is InChI=1S/C13H13N3O3/c17-12(16-7-3-6-10(16)13(18)19)11-8-4-1-2-5-9(8)14-15-11/h1-2,4-5,10H,3,6-7H2,(H,14,15)(H,18,19)/t10-/m1/s1. The second-order valence-electron chi connectivity index (χ2n) is 4.61. The zero-order chi connectivity index (χ0) is 13.4. The van der Waals surface area contributed by atoms with Crippen LogP contribution < -0.4 is 0 Å². The SMILES string of the molecule is O=C(O)[C@H]1CCCN1C(=O)c1n[nH]c2ccccc12. The van der Waals surface area contributed by atoms with Crippen molar-refractivity contribution in [2.45, 2.75) is 18.9 Å². The van der Waals surface area contributed by atoms with Gasteiger partial charge in [-0.05, 0) is 18.9 Å². The number of nitrogens with one attached hydrogen (secondary N) is 1. The maximum atomic E-state index is 12.4. The lowest BCUT2D eigenvalue weighted by Gasteiger charge is -2.20. The first kappa shape index (κ1) is 11.7. The molecule has 0 unspecified atom stereocenters. The van der Waals surface area contributed by atoms with Crippen LogP contribution in [0.3, 0.4) is 0 Å². The minimum Gasteiger partial charge on any atom is -0.480 e. The summed E-state index contributed by atoms with van der Waals surface area (Å²) in [6, 6.07) is 6.58. The van der Waals surface area contributed by atoms with Gasteiger partial charge in [0.2, 0.25) is 0 Å². The highest BCUT2D eigenvalue weighted by molar-refractivity contribution is 6.05. The van der Waals surface area contributed by atoms with E-state index in [1.807, 2.05) is 18.2 Å². The highest BCUT2D eigenvalue weighted by Gasteiger charge is 2.35. The van der Waals surface area contributed by atoms with Crippen LogP contribution in [0.1, 0.15) is 23.3 Å². The number of aliphatic carboxylic acids is 1. The first-order valence-electron chi connectivity index (χ1n) is 6.15. The summed E-state index contributed by atoms with van der Waals surface area (Å²) in [6.45, 7) is 0.469. The maximum absolute atomic E-state index is 12.4. The smallest absolute Gasteiger partial charge is 0.326 e. The van der Waals surface area contributed by atoms with Crippen molar-refractivity contribution in [3.8, 4) is 0 Å². The molecule has 1 aliphatic rings. The molecule has 0 aliphatic carbocycles. The number of para-hydroxylation sites is 1. The van der Waals surface area contributed by atoms with Crippen LogP contribution >= 0.6 is 0 Å². The number of carbonyl (C=O) groups is 2. The van der Waals surface area contributed by atoms with Crippen molar-refractivity contribution in [3.05, 3.63) is 30.0 Å². The van der Waals surface area contributed by atoms with E-state index in [2.05, 4.69) is 10.2 Å². The van der Waals surface area contributed by atoms with Crippen LogP contribution in [0.5, 0.6) is 0 Å². The van der Waals surface area contributed by atoms with Gasteiger partial charge >= 0.3 is 5.97 Å². The summed E-state index contributed by atoms with van der Waals surface area (Å²) in [5.41, 5.74) is 1.07. The van der Waals surface area contributed by atoms with Crippen LogP contribution in [0.15, 0.2) is 24.3 Å². The Morgan fingerprint density at radius 2 is 2.16 bits per heavy atom. The molecule has 1 aromatic carbocycles. The molecule has 0 saturated carbocycles. The molecule has 6 nitrogen and oxygen atoms in total. The van der Waals surface area contributed by atoms with Crippen molar-refractivity contribution in [1.29, 1.82) is 0 Å². The van der Waals surface area contributed by atoms with Gasteiger partial charge in [0, 0.05) is 11.9 Å². The molecule has 2 aromatic rings. The maximum Gasteiger partial charge on any atom is 0.326 e. The van der Waals surface area contributed by atoms with Crippen molar-refractivity contribution >= 4 is 22.8 Å². The summed E-state index contributed by atoms with van der Waals surface area (Å²) >= 11 is 0. The van der Waals surface area contributed by atoms with Crippen LogP contribution in [0.25, 0.3) is 10.9 Å². The fourth-order valence-corrected chi connectivity index (χ4v) is 2.53. The van der Waals surface area contributed by atoms with Gasteiger partial charge in [-0.25, -0.2) is 4.79 Å². The third-order valence-electron chi connectivity index (χ3n) is 3.47. The molecule has 1 fully saturated rings. The number of benzene rings is 1. The van der Waals surface area contributed by atoms with E-state index in [1.165, 1.54) is 4.90 Å². The molecular weight excluding hydrogens is 246 g/mol. The van der Waals surface area contributed by atoms with E-state index in [1.54, 1.807) is 6.07 Å². The number of likely N-dealkylation sites (tertiary alicyclic amines) is 1. The van der Waals surface area contributed by atoms with E-state index >= 15 is 0 Å². The molecule has 0 spiro atoms. The van der Waals surface area contributed by atoms with Gasteiger partial charge in [0.1, 0.15) is 6.04 Å². The van der Waals surface area contributed by atoms with E-state index in [4.69, 9.17) is 5.11 Å². The number of carboxylic acid groups (broad SMARTS) is 1. The molecule has 6 heteroatoms. The number of hydrogen-bond acceptors (Lipinski definition) is 3. The molecule has 0 radical (unpaired) electrons. The lowest BCUT2D eigenvalue weighted by Crippen LogP contribution is -2.40. The second-order valence-corrected chi connectivity index (χ2v) is 4.61. The van der Waals surface area contributed by atoms with Crippen LogP contribution in [-0.2, 0) is 4.79 Å². The fourth-order valence-electron chi connectivity index (χ4n) is 2.53. The van der Waals surface area contributed by atoms with E-state index in [9.17, 15) is 9.59 Å². The van der Waals surface area contributed by atoms with Crippen molar-refractivity contribution in [1.82, 2.24) is 15.1 Å². The molecule has 1 amide bonds. The number of amides is 1. The molecule has 19 heavy (non-hydrogen) atoms. The summed E-state index contributed by atoms with van der Waals surface area (Å²) < 4.78 is 0. The minimum absolute atomic E-state index is 0.295. The molecule has 98 valence electrons. The summed E-state index contributed by atoms with van der Waals surface area (Å²) in [5, 5.41) is 16.7. The highest BCUT2D eigenvalue weighted by Crippen LogP contribution is 2.23. The van der Waals surface area contributed by atoms with Crippen molar-refractivity contribution in [2.24, 2.45) is 0 Å². The van der Waals surface area contributed by atoms with Crippen molar-refractivity contribution < 1.29 is 14.7 Å². The van der Waals surface area contributed by atoms with Gasteiger partial charge in [-0.2, -0.15) is 5.10 Å². The molecule has 2 heterocycles. The van der Waals surface area contributed by atoms with E-state index in [-0.39, 0.29) is 5.91 Å². The molecule has 1 saturated heterocycles. The third kappa shape index (κ3) is 1.85. The molecular formula is C13H13N3O3. The second kappa shape index (κ2) is 4.38. The van der Waals surface area contributed by atoms with Gasteiger partial charge in [-0.15, -0.1) is 0 Å². The molecule has 1 aromatic heterocycles. The first-order chi connectivity index (χ1) is 9.18. The van der Waals surface area contributed by atoms with Gasteiger partial charge < -0.3 is 10.0 Å². The van der Waals surface area contributed by atoms with Crippen LogP contribution in [-0.4, -0.2) is 44.7 Å².